The second-order valence-electron chi connectivity index (χ2n) is 12.5. The maximum atomic E-state index is 6.92. The van der Waals surface area contributed by atoms with E-state index in [2.05, 4.69) is 158 Å². The van der Waals surface area contributed by atoms with Crippen molar-refractivity contribution in [3.63, 3.8) is 0 Å². The van der Waals surface area contributed by atoms with Gasteiger partial charge in [0.2, 0.25) is 0 Å². The average molecular weight is 613 g/mol. The van der Waals surface area contributed by atoms with E-state index in [9.17, 15) is 0 Å². The minimum atomic E-state index is -0.541. The first-order valence-electron chi connectivity index (χ1n) is 16.3. The Morgan fingerprint density at radius 2 is 0.958 bits per heavy atom. The van der Waals surface area contributed by atoms with Crippen LogP contribution in [0.5, 0.6) is 11.5 Å². The summed E-state index contributed by atoms with van der Waals surface area (Å²) in [6, 6.07) is 59.9. The normalized spacial score (nSPS) is 13.3. The molecule has 0 N–H and O–H groups in total. The molecule has 8 aromatic rings. The molecule has 1 aromatic heterocycles. The van der Waals surface area contributed by atoms with Gasteiger partial charge in [0.1, 0.15) is 11.5 Å². The number of rotatable bonds is 3. The molecule has 1 aliphatic heterocycles. The van der Waals surface area contributed by atoms with Crippen molar-refractivity contribution in [2.75, 3.05) is 0 Å². The van der Waals surface area contributed by atoms with Crippen LogP contribution >= 0.6 is 0 Å². The minimum Gasteiger partial charge on any atom is -0.456 e. The second kappa shape index (κ2) is 10.3. The summed E-state index contributed by atoms with van der Waals surface area (Å²) >= 11 is 0. The number of para-hydroxylation sites is 3. The highest BCUT2D eigenvalue weighted by molar-refractivity contribution is 5.95. The van der Waals surface area contributed by atoms with Gasteiger partial charge in [0.15, 0.2) is 5.82 Å². The number of hydrogen-bond donors (Lipinski definition) is 0. The van der Waals surface area contributed by atoms with Gasteiger partial charge in [0.05, 0.1) is 22.2 Å². The minimum absolute atomic E-state index is 0.541. The number of ether oxygens (including phenoxy) is 1. The van der Waals surface area contributed by atoms with Gasteiger partial charge in [-0.05, 0) is 51.6 Å². The first kappa shape index (κ1) is 26.9. The fourth-order valence-electron chi connectivity index (χ4n) is 7.92. The van der Waals surface area contributed by atoms with E-state index in [1.54, 1.807) is 0 Å². The highest BCUT2D eigenvalue weighted by Gasteiger charge is 2.51. The summed E-state index contributed by atoms with van der Waals surface area (Å²) in [5.41, 5.74) is 12.8. The van der Waals surface area contributed by atoms with Crippen molar-refractivity contribution in [2.24, 2.45) is 0 Å². The van der Waals surface area contributed by atoms with Crippen molar-refractivity contribution in [2.45, 2.75) is 5.41 Å². The molecule has 0 amide bonds. The molecule has 0 bridgehead atoms. The Morgan fingerprint density at radius 3 is 1.73 bits per heavy atom. The molecular weight excluding hydrogens is 585 g/mol. The fraction of sp³-hybridized carbons (Fsp3) is 0.0222. The molecule has 48 heavy (non-hydrogen) atoms. The fourth-order valence-corrected chi connectivity index (χ4v) is 7.92. The largest absolute Gasteiger partial charge is 0.456 e. The van der Waals surface area contributed by atoms with Crippen molar-refractivity contribution in [3.8, 4) is 56.4 Å². The molecule has 0 saturated heterocycles. The van der Waals surface area contributed by atoms with Gasteiger partial charge in [0.25, 0.3) is 0 Å². The van der Waals surface area contributed by atoms with Crippen LogP contribution in [-0.2, 0) is 5.41 Å². The quantitative estimate of drug-likeness (QED) is 0.199. The van der Waals surface area contributed by atoms with E-state index in [1.807, 2.05) is 12.1 Å². The van der Waals surface area contributed by atoms with Gasteiger partial charge in [0, 0.05) is 22.1 Å². The van der Waals surface area contributed by atoms with Crippen molar-refractivity contribution >= 4 is 10.9 Å². The lowest BCUT2D eigenvalue weighted by Gasteiger charge is -2.39. The topological polar surface area (TPSA) is 35.0 Å². The smallest absolute Gasteiger partial charge is 0.164 e. The Morgan fingerprint density at radius 1 is 0.396 bits per heavy atom. The van der Waals surface area contributed by atoms with Gasteiger partial charge in [-0.15, -0.1) is 0 Å². The zero-order valence-electron chi connectivity index (χ0n) is 26.0. The first-order valence-corrected chi connectivity index (χ1v) is 16.3. The molecule has 10 rings (SSSR count). The summed E-state index contributed by atoms with van der Waals surface area (Å²) in [5.74, 6) is 2.28. The highest BCUT2D eigenvalue weighted by Crippen LogP contribution is 2.63. The van der Waals surface area contributed by atoms with E-state index in [-0.39, 0.29) is 0 Å². The first-order chi connectivity index (χ1) is 23.8. The molecule has 3 heteroatoms. The van der Waals surface area contributed by atoms with E-state index in [0.29, 0.717) is 5.82 Å². The summed E-state index contributed by atoms with van der Waals surface area (Å²) in [6.45, 7) is 0. The summed E-state index contributed by atoms with van der Waals surface area (Å²) in [7, 11) is 0. The van der Waals surface area contributed by atoms with Crippen LogP contribution in [0.3, 0.4) is 0 Å². The molecule has 0 radical (unpaired) electrons. The van der Waals surface area contributed by atoms with Crippen LogP contribution in [0.2, 0.25) is 0 Å². The zero-order chi connectivity index (χ0) is 31.7. The number of fused-ring (bicyclic) bond motifs is 10. The molecular formula is C45H28N2O. The summed E-state index contributed by atoms with van der Waals surface area (Å²) in [5, 5.41) is 1.01. The Bertz CT molecular complexity index is 2490. The van der Waals surface area contributed by atoms with E-state index < -0.39 is 5.41 Å². The number of nitrogens with zero attached hydrogens (tertiary/aromatic N) is 2. The third-order valence-electron chi connectivity index (χ3n) is 9.98. The molecule has 1 spiro atoms. The summed E-state index contributed by atoms with van der Waals surface area (Å²) < 4.78 is 6.92. The van der Waals surface area contributed by atoms with Gasteiger partial charge in [-0.2, -0.15) is 0 Å². The van der Waals surface area contributed by atoms with Gasteiger partial charge in [-0.3, -0.25) is 0 Å². The number of aromatic nitrogens is 2. The predicted molar refractivity (Wildman–Crippen MR) is 193 cm³/mol. The van der Waals surface area contributed by atoms with Crippen LogP contribution in [-0.4, -0.2) is 9.97 Å². The van der Waals surface area contributed by atoms with Crippen LogP contribution in [0.25, 0.3) is 55.8 Å². The molecule has 224 valence electrons. The molecule has 0 fully saturated rings. The summed E-state index contributed by atoms with van der Waals surface area (Å²) in [4.78, 5) is 10.5. The Hall–Kier alpha value is -6.32. The molecule has 2 aliphatic rings. The molecule has 7 aromatic carbocycles. The Balaban J connectivity index is 1.22. The predicted octanol–water partition coefficient (Wildman–Crippen LogP) is 11.1. The third-order valence-corrected chi connectivity index (χ3v) is 9.98. The van der Waals surface area contributed by atoms with Crippen LogP contribution in [0, 0.1) is 0 Å². The summed E-state index contributed by atoms with van der Waals surface area (Å²) in [6.07, 6.45) is 0. The lowest BCUT2D eigenvalue weighted by Crippen LogP contribution is -2.32. The average Bonchev–Trinajstić information content (AvgIpc) is 3.45. The van der Waals surface area contributed by atoms with E-state index in [4.69, 9.17) is 14.7 Å². The zero-order valence-corrected chi connectivity index (χ0v) is 26.0. The van der Waals surface area contributed by atoms with Crippen LogP contribution < -0.4 is 4.74 Å². The molecule has 1 aliphatic carbocycles. The van der Waals surface area contributed by atoms with E-state index in [0.717, 1.165) is 50.3 Å². The van der Waals surface area contributed by atoms with Crippen molar-refractivity contribution in [1.29, 1.82) is 0 Å². The van der Waals surface area contributed by atoms with E-state index >= 15 is 0 Å². The van der Waals surface area contributed by atoms with Gasteiger partial charge < -0.3 is 4.74 Å². The highest BCUT2D eigenvalue weighted by atomic mass is 16.5. The van der Waals surface area contributed by atoms with Crippen LogP contribution in [0.15, 0.2) is 170 Å². The second-order valence-corrected chi connectivity index (χ2v) is 12.5. The lowest BCUT2D eigenvalue weighted by atomic mass is 9.66. The van der Waals surface area contributed by atoms with E-state index in [1.165, 1.54) is 33.4 Å². The molecule has 0 saturated carbocycles. The number of benzene rings is 7. The lowest BCUT2D eigenvalue weighted by molar-refractivity contribution is 0.438. The SMILES string of the molecule is c1ccc(-c2ccc(-c3nc(-c4cccc5c4Oc4ccccc4C54c5ccccc5-c5ccccc54)nc4ccccc34)cc2)cc1. The van der Waals surface area contributed by atoms with Crippen molar-refractivity contribution < 1.29 is 4.74 Å². The van der Waals surface area contributed by atoms with Gasteiger partial charge >= 0.3 is 0 Å². The standard InChI is InChI=1S/C45H28N2O/c1-2-13-29(14-3-1)30-25-27-31(28-26-30)42-34-17-6-10-23-40(34)46-44(47-42)35-18-12-22-39-43(35)48-41-24-11-9-21-38(41)45(39)36-19-7-4-15-32(36)33-16-5-8-20-37(33)45/h1-28H. The molecule has 0 unspecified atom stereocenters. The Labute approximate surface area is 278 Å². The monoisotopic (exact) mass is 612 g/mol. The Kier molecular flexibility index (Phi) is 5.79. The molecule has 2 heterocycles. The van der Waals surface area contributed by atoms with Crippen molar-refractivity contribution in [1.82, 2.24) is 9.97 Å². The molecule has 0 atom stereocenters. The number of hydrogen-bond acceptors (Lipinski definition) is 3. The van der Waals surface area contributed by atoms with Crippen molar-refractivity contribution in [3.05, 3.63) is 192 Å². The van der Waals surface area contributed by atoms with Crippen LogP contribution in [0.1, 0.15) is 22.3 Å². The van der Waals surface area contributed by atoms with Crippen LogP contribution in [0.4, 0.5) is 0 Å². The maximum absolute atomic E-state index is 6.92. The van der Waals surface area contributed by atoms with Gasteiger partial charge in [-0.1, -0.05) is 152 Å². The third kappa shape index (κ3) is 3.76. The molecule has 3 nitrogen and oxygen atoms in total. The van der Waals surface area contributed by atoms with Gasteiger partial charge in [-0.25, -0.2) is 9.97 Å². The maximum Gasteiger partial charge on any atom is 0.164 e.